The van der Waals surface area contributed by atoms with Gasteiger partial charge in [-0.05, 0) is 30.4 Å². The number of nitrogens with zero attached hydrogens (tertiary/aromatic N) is 2. The summed E-state index contributed by atoms with van der Waals surface area (Å²) in [6.07, 6.45) is 9.75. The summed E-state index contributed by atoms with van der Waals surface area (Å²) in [6, 6.07) is 5.20. The number of carbonyl (C=O) groups excluding carboxylic acids is 1. The second kappa shape index (κ2) is 6.49. The van der Waals surface area contributed by atoms with Crippen molar-refractivity contribution in [1.29, 1.82) is 0 Å². The van der Waals surface area contributed by atoms with Gasteiger partial charge in [0.05, 0.1) is 0 Å². The highest BCUT2D eigenvalue weighted by Crippen LogP contribution is 2.40. The Kier molecular flexibility index (Phi) is 4.42. The van der Waals surface area contributed by atoms with Crippen LogP contribution in [0.3, 0.4) is 0 Å². The van der Waals surface area contributed by atoms with E-state index in [4.69, 9.17) is 6.42 Å². The van der Waals surface area contributed by atoms with E-state index in [-0.39, 0.29) is 18.3 Å². The molecule has 3 rings (SSSR count). The van der Waals surface area contributed by atoms with Crippen LogP contribution in [0, 0.1) is 18.2 Å². The van der Waals surface area contributed by atoms with E-state index in [1.807, 2.05) is 12.1 Å². The number of hydrogen-bond acceptors (Lipinski definition) is 3. The fourth-order valence-electron chi connectivity index (χ4n) is 2.66. The fraction of sp³-hybridized carbons (Fsp3) is 0.500. The molecule has 4 nitrogen and oxygen atoms in total. The van der Waals surface area contributed by atoms with Crippen LogP contribution in [0.1, 0.15) is 55.6 Å². The molecule has 1 aromatic carbocycles. The van der Waals surface area contributed by atoms with Gasteiger partial charge in [0.1, 0.15) is 5.82 Å². The second-order valence-electron chi connectivity index (χ2n) is 6.29. The topological polar surface area (TPSA) is 53.8 Å². The predicted molar refractivity (Wildman–Crippen MR) is 85.1 cm³/mol. The lowest BCUT2D eigenvalue weighted by molar-refractivity contribution is -0.121. The van der Waals surface area contributed by atoms with Crippen molar-refractivity contribution in [3.05, 3.63) is 35.1 Å². The van der Waals surface area contributed by atoms with Gasteiger partial charge in [-0.1, -0.05) is 12.1 Å². The zero-order valence-corrected chi connectivity index (χ0v) is 13.0. The van der Waals surface area contributed by atoms with Gasteiger partial charge in [0, 0.05) is 37.8 Å². The molecule has 1 N–H and O–H groups in total. The quantitative estimate of drug-likeness (QED) is 0.731. The molecule has 0 unspecified atom stereocenters. The van der Waals surface area contributed by atoms with Gasteiger partial charge in [0.15, 0.2) is 5.66 Å². The number of rotatable bonds is 8. The Hall–Kier alpha value is -2.22. The van der Waals surface area contributed by atoms with E-state index < -0.39 is 5.66 Å². The van der Waals surface area contributed by atoms with Crippen molar-refractivity contribution >= 4 is 5.91 Å². The van der Waals surface area contributed by atoms with Gasteiger partial charge in [-0.25, -0.2) is 4.39 Å². The minimum atomic E-state index is -0.444. The zero-order valence-electron chi connectivity index (χ0n) is 13.0. The Balaban J connectivity index is 1.46. The lowest BCUT2D eigenvalue weighted by Crippen LogP contribution is -2.25. The third-order valence-electron chi connectivity index (χ3n) is 4.40. The molecular formula is C18H20FN3O. The number of benzene rings is 1. The molecule has 120 valence electrons. The van der Waals surface area contributed by atoms with E-state index in [9.17, 15) is 9.18 Å². The Morgan fingerprint density at radius 2 is 2.17 bits per heavy atom. The first-order chi connectivity index (χ1) is 11.1. The predicted octanol–water partition coefficient (Wildman–Crippen LogP) is 3.68. The fourth-order valence-corrected chi connectivity index (χ4v) is 2.66. The van der Waals surface area contributed by atoms with Crippen molar-refractivity contribution < 1.29 is 9.18 Å². The summed E-state index contributed by atoms with van der Waals surface area (Å²) in [5.74, 6) is 2.75. The van der Waals surface area contributed by atoms with E-state index in [1.54, 1.807) is 0 Å². The monoisotopic (exact) mass is 313 g/mol. The molecular weight excluding hydrogens is 293 g/mol. The summed E-state index contributed by atoms with van der Waals surface area (Å²) in [7, 11) is 0. The molecule has 0 aromatic heterocycles. The Morgan fingerprint density at radius 3 is 2.83 bits per heavy atom. The van der Waals surface area contributed by atoms with Gasteiger partial charge in [0.25, 0.3) is 0 Å². The molecule has 2 aliphatic rings. The average Bonchev–Trinajstić information content (AvgIpc) is 3.45. The van der Waals surface area contributed by atoms with Gasteiger partial charge >= 0.3 is 0 Å². The minimum absolute atomic E-state index is 0.112. The van der Waals surface area contributed by atoms with E-state index in [0.29, 0.717) is 37.2 Å². The van der Waals surface area contributed by atoms with Crippen molar-refractivity contribution in [2.75, 3.05) is 0 Å². The highest BCUT2D eigenvalue weighted by Gasteiger charge is 2.39. The number of amides is 1. The van der Waals surface area contributed by atoms with Crippen LogP contribution in [0.5, 0.6) is 0 Å². The maximum absolute atomic E-state index is 13.8. The molecule has 0 radical (unpaired) electrons. The molecule has 1 aliphatic heterocycles. The van der Waals surface area contributed by atoms with Crippen LogP contribution in [-0.4, -0.2) is 11.6 Å². The van der Waals surface area contributed by atoms with Gasteiger partial charge in [-0.15, -0.1) is 12.3 Å². The zero-order chi connectivity index (χ0) is 16.3. The summed E-state index contributed by atoms with van der Waals surface area (Å²) < 4.78 is 13.8. The summed E-state index contributed by atoms with van der Waals surface area (Å²) in [4.78, 5) is 11.9. The molecule has 1 aromatic rings. The molecule has 0 bridgehead atoms. The van der Waals surface area contributed by atoms with Crippen LogP contribution in [0.15, 0.2) is 28.4 Å². The van der Waals surface area contributed by atoms with Crippen molar-refractivity contribution in [3.8, 4) is 12.3 Å². The highest BCUT2D eigenvalue weighted by atomic mass is 19.1. The lowest BCUT2D eigenvalue weighted by Gasteiger charge is -2.10. The first-order valence-corrected chi connectivity index (χ1v) is 8.04. The van der Waals surface area contributed by atoms with Crippen molar-refractivity contribution in [3.63, 3.8) is 0 Å². The standard InChI is InChI=1S/C18H20FN3O/c1-2-3-9-18(21-22-18)10-8-17(23)20-12-15-11-14(13-4-5-13)6-7-16(15)19/h1,6-7,11,13H,3-5,8-10,12H2,(H,20,23). The normalized spacial score (nSPS) is 17.6. The van der Waals surface area contributed by atoms with Gasteiger partial charge in [-0.2, -0.15) is 10.2 Å². The Labute approximate surface area is 135 Å². The molecule has 1 fully saturated rings. The lowest BCUT2D eigenvalue weighted by atomic mass is 10.0. The number of hydrogen-bond donors (Lipinski definition) is 1. The first kappa shape index (κ1) is 15.7. The van der Waals surface area contributed by atoms with Crippen LogP contribution in [0.4, 0.5) is 4.39 Å². The number of carbonyl (C=O) groups is 1. The molecule has 0 saturated heterocycles. The number of halogens is 1. The van der Waals surface area contributed by atoms with Crippen LogP contribution in [0.2, 0.25) is 0 Å². The van der Waals surface area contributed by atoms with Gasteiger partial charge in [0.2, 0.25) is 5.91 Å². The Morgan fingerprint density at radius 1 is 1.39 bits per heavy atom. The molecule has 1 heterocycles. The van der Waals surface area contributed by atoms with Crippen LogP contribution in [0.25, 0.3) is 0 Å². The van der Waals surface area contributed by atoms with Crippen LogP contribution in [-0.2, 0) is 11.3 Å². The average molecular weight is 313 g/mol. The number of nitrogens with one attached hydrogen (secondary N) is 1. The van der Waals surface area contributed by atoms with E-state index in [2.05, 4.69) is 21.5 Å². The van der Waals surface area contributed by atoms with Crippen LogP contribution < -0.4 is 5.32 Å². The summed E-state index contributed by atoms with van der Waals surface area (Å²) in [5.41, 5.74) is 1.27. The smallest absolute Gasteiger partial charge is 0.220 e. The maximum Gasteiger partial charge on any atom is 0.220 e. The van der Waals surface area contributed by atoms with Crippen molar-refractivity contribution in [2.24, 2.45) is 10.2 Å². The third-order valence-corrected chi connectivity index (χ3v) is 4.40. The summed E-state index contributed by atoms with van der Waals surface area (Å²) in [6.45, 7) is 0.219. The summed E-state index contributed by atoms with van der Waals surface area (Å²) in [5, 5.41) is 10.8. The first-order valence-electron chi connectivity index (χ1n) is 8.04. The maximum atomic E-state index is 13.8. The minimum Gasteiger partial charge on any atom is -0.352 e. The number of terminal acetylenes is 1. The molecule has 1 saturated carbocycles. The SMILES string of the molecule is C#CCCC1(CCC(=O)NCc2cc(C3CC3)ccc2F)N=N1. The molecule has 23 heavy (non-hydrogen) atoms. The second-order valence-corrected chi connectivity index (χ2v) is 6.29. The molecule has 1 amide bonds. The highest BCUT2D eigenvalue weighted by molar-refractivity contribution is 5.76. The van der Waals surface area contributed by atoms with Crippen molar-refractivity contribution in [2.45, 2.75) is 56.7 Å². The molecule has 5 heteroatoms. The van der Waals surface area contributed by atoms with Gasteiger partial charge in [-0.3, -0.25) is 4.79 Å². The van der Waals surface area contributed by atoms with Crippen LogP contribution >= 0.6 is 0 Å². The van der Waals surface area contributed by atoms with E-state index in [0.717, 1.165) is 0 Å². The third kappa shape index (κ3) is 4.16. The largest absolute Gasteiger partial charge is 0.352 e. The molecule has 0 atom stereocenters. The Bertz CT molecular complexity index is 667. The van der Waals surface area contributed by atoms with Crippen molar-refractivity contribution in [1.82, 2.24) is 5.32 Å². The van der Waals surface area contributed by atoms with Gasteiger partial charge < -0.3 is 5.32 Å². The van der Waals surface area contributed by atoms with E-state index >= 15 is 0 Å². The molecule has 0 spiro atoms. The summed E-state index contributed by atoms with van der Waals surface area (Å²) >= 11 is 0. The van der Waals surface area contributed by atoms with E-state index in [1.165, 1.54) is 24.5 Å². The molecule has 1 aliphatic carbocycles.